The molecule has 1 aliphatic rings. The highest BCUT2D eigenvalue weighted by Gasteiger charge is 2.35. The lowest BCUT2D eigenvalue weighted by Crippen LogP contribution is -2.28. The van der Waals surface area contributed by atoms with Crippen LogP contribution in [0.1, 0.15) is 77.3 Å². The van der Waals surface area contributed by atoms with Crippen molar-refractivity contribution in [2.75, 3.05) is 12.4 Å². The minimum Gasteiger partial charge on any atom is -0.465 e. The minimum absolute atomic E-state index is 0.220. The van der Waals surface area contributed by atoms with Gasteiger partial charge in [0.2, 0.25) is 0 Å². The van der Waals surface area contributed by atoms with Gasteiger partial charge in [0.1, 0.15) is 5.00 Å². The second-order valence-corrected chi connectivity index (χ2v) is 12.2. The maximum Gasteiger partial charge on any atom is 0.341 e. The third kappa shape index (κ3) is 5.22. The topological polar surface area (TPSA) is 68.3 Å². The minimum atomic E-state index is -0.396. The molecule has 39 heavy (non-hydrogen) atoms. The predicted octanol–water partition coefficient (Wildman–Crippen LogP) is 8.11. The lowest BCUT2D eigenvalue weighted by atomic mass is 9.69. The predicted molar refractivity (Wildman–Crippen MR) is 160 cm³/mol. The van der Waals surface area contributed by atoms with Gasteiger partial charge < -0.3 is 10.1 Å². The number of methoxy groups -OCH3 is 1. The average Bonchev–Trinajstić information content (AvgIpc) is 3.33. The lowest BCUT2D eigenvalue weighted by molar-refractivity contribution is 0.0600. The summed E-state index contributed by atoms with van der Waals surface area (Å²) in [5.74, 6) is -0.116. The van der Waals surface area contributed by atoms with Crippen molar-refractivity contribution in [3.63, 3.8) is 0 Å². The summed E-state index contributed by atoms with van der Waals surface area (Å²) < 4.78 is 5.18. The first-order chi connectivity index (χ1) is 18.7. The number of carbonyl (C=O) groups excluding carboxylic acids is 2. The van der Waals surface area contributed by atoms with Crippen molar-refractivity contribution in [2.24, 2.45) is 11.3 Å². The van der Waals surface area contributed by atoms with E-state index in [1.165, 1.54) is 28.9 Å². The molecule has 0 fully saturated rings. The number of amides is 1. The van der Waals surface area contributed by atoms with E-state index >= 15 is 0 Å². The molecule has 202 valence electrons. The van der Waals surface area contributed by atoms with Gasteiger partial charge >= 0.3 is 5.97 Å². The second kappa shape index (κ2) is 10.9. The van der Waals surface area contributed by atoms with Crippen molar-refractivity contribution in [2.45, 2.75) is 59.8 Å². The fraction of sp³-hybridized carbons (Fsp3) is 0.364. The van der Waals surface area contributed by atoms with E-state index in [2.05, 4.69) is 57.3 Å². The van der Waals surface area contributed by atoms with Crippen LogP contribution in [0.25, 0.3) is 22.2 Å². The Morgan fingerprint density at radius 2 is 1.85 bits per heavy atom. The van der Waals surface area contributed by atoms with Crippen LogP contribution >= 0.6 is 11.3 Å². The van der Waals surface area contributed by atoms with Crippen LogP contribution in [0.4, 0.5) is 5.00 Å². The Balaban J connectivity index is 1.54. The average molecular weight is 541 g/mol. The molecule has 2 aromatic heterocycles. The van der Waals surface area contributed by atoms with Crippen LogP contribution < -0.4 is 5.32 Å². The van der Waals surface area contributed by atoms with E-state index in [1.54, 1.807) is 0 Å². The normalized spacial score (nSPS) is 15.2. The number of fused-ring (bicyclic) bond motifs is 2. The van der Waals surface area contributed by atoms with Crippen molar-refractivity contribution in [1.82, 2.24) is 4.98 Å². The highest BCUT2D eigenvalue weighted by molar-refractivity contribution is 7.17. The van der Waals surface area contributed by atoms with Crippen molar-refractivity contribution < 1.29 is 14.3 Å². The molecule has 0 bridgehead atoms. The largest absolute Gasteiger partial charge is 0.465 e. The van der Waals surface area contributed by atoms with Gasteiger partial charge in [0.15, 0.2) is 0 Å². The first-order valence-electron chi connectivity index (χ1n) is 13.8. The molecule has 5 rings (SSSR count). The van der Waals surface area contributed by atoms with E-state index in [1.807, 2.05) is 30.3 Å². The van der Waals surface area contributed by atoms with E-state index in [0.29, 0.717) is 22.0 Å². The Morgan fingerprint density at radius 1 is 1.10 bits per heavy atom. The first-order valence-corrected chi connectivity index (χ1v) is 14.6. The van der Waals surface area contributed by atoms with E-state index in [9.17, 15) is 9.59 Å². The zero-order valence-electron chi connectivity index (χ0n) is 23.4. The van der Waals surface area contributed by atoms with Crippen LogP contribution in [0, 0.1) is 11.3 Å². The molecule has 2 heterocycles. The first kappa shape index (κ1) is 27.1. The number of thiophene rings is 1. The third-order valence-electron chi connectivity index (χ3n) is 8.52. The van der Waals surface area contributed by atoms with Gasteiger partial charge in [-0.3, -0.25) is 4.79 Å². The molecule has 4 aromatic rings. The van der Waals surface area contributed by atoms with Crippen LogP contribution in [0.3, 0.4) is 0 Å². The molecule has 0 saturated carbocycles. The zero-order valence-corrected chi connectivity index (χ0v) is 24.2. The monoisotopic (exact) mass is 540 g/mol. The molecule has 6 heteroatoms. The molecular formula is C33H36N2O3S. The van der Waals surface area contributed by atoms with Gasteiger partial charge in [0.05, 0.1) is 29.4 Å². The summed E-state index contributed by atoms with van der Waals surface area (Å²) in [6.07, 6.45) is 4.82. The Bertz CT molecular complexity index is 1530. The number of hydrogen-bond donors (Lipinski definition) is 1. The van der Waals surface area contributed by atoms with Crippen LogP contribution in [-0.4, -0.2) is 24.0 Å². The number of anilines is 1. The Kier molecular flexibility index (Phi) is 7.59. The number of ether oxygens (including phenoxy) is 1. The van der Waals surface area contributed by atoms with Crippen molar-refractivity contribution in [1.29, 1.82) is 0 Å². The summed E-state index contributed by atoms with van der Waals surface area (Å²) in [4.78, 5) is 32.9. The Morgan fingerprint density at radius 3 is 2.54 bits per heavy atom. The number of carbonyl (C=O) groups is 2. The molecule has 0 aliphatic heterocycles. The molecule has 0 saturated heterocycles. The number of nitrogens with zero attached hydrogens (tertiary/aromatic N) is 1. The van der Waals surface area contributed by atoms with Crippen molar-refractivity contribution in [3.8, 4) is 11.3 Å². The maximum absolute atomic E-state index is 13.9. The zero-order chi connectivity index (χ0) is 27.7. The van der Waals surface area contributed by atoms with Gasteiger partial charge in [-0.25, -0.2) is 9.78 Å². The number of esters is 1. The SMILES string of the molecule is CCc1ccc(-c2cc(C(=O)Nc3sc4c(c3C(=O)OC)CCC(C(C)(C)CC)C4)c3ccccc3n2)cc1. The number of aromatic nitrogens is 1. The fourth-order valence-corrected chi connectivity index (χ4v) is 6.85. The summed E-state index contributed by atoms with van der Waals surface area (Å²) >= 11 is 1.52. The van der Waals surface area contributed by atoms with E-state index in [0.717, 1.165) is 59.8 Å². The highest BCUT2D eigenvalue weighted by atomic mass is 32.1. The molecular weight excluding hydrogens is 504 g/mol. The maximum atomic E-state index is 13.9. The smallest absolute Gasteiger partial charge is 0.341 e. The van der Waals surface area contributed by atoms with Gasteiger partial charge in [-0.2, -0.15) is 0 Å². The Hall–Kier alpha value is -3.51. The van der Waals surface area contributed by atoms with E-state index in [-0.39, 0.29) is 11.3 Å². The van der Waals surface area contributed by atoms with Gasteiger partial charge in [0.25, 0.3) is 5.91 Å². The molecule has 0 spiro atoms. The van der Waals surface area contributed by atoms with Gasteiger partial charge in [-0.1, -0.05) is 76.6 Å². The molecule has 1 atom stereocenters. The molecule has 1 amide bonds. The van der Waals surface area contributed by atoms with Crippen LogP contribution in [0.5, 0.6) is 0 Å². The summed E-state index contributed by atoms with van der Waals surface area (Å²) in [5.41, 5.74) is 5.99. The number of benzene rings is 2. The number of para-hydroxylation sites is 1. The molecule has 2 aromatic carbocycles. The van der Waals surface area contributed by atoms with Crippen LogP contribution in [0.15, 0.2) is 54.6 Å². The number of aryl methyl sites for hydroxylation is 1. The summed E-state index contributed by atoms with van der Waals surface area (Å²) in [6.45, 7) is 9.01. The summed E-state index contributed by atoms with van der Waals surface area (Å²) in [6, 6.07) is 17.8. The van der Waals surface area contributed by atoms with Crippen molar-refractivity contribution in [3.05, 3.63) is 81.7 Å². The molecule has 0 radical (unpaired) electrons. The highest BCUT2D eigenvalue weighted by Crippen LogP contribution is 2.46. The van der Waals surface area contributed by atoms with E-state index in [4.69, 9.17) is 9.72 Å². The number of pyridine rings is 1. The summed E-state index contributed by atoms with van der Waals surface area (Å²) in [5, 5.41) is 4.45. The summed E-state index contributed by atoms with van der Waals surface area (Å²) in [7, 11) is 1.40. The number of hydrogen-bond acceptors (Lipinski definition) is 5. The Labute approximate surface area is 234 Å². The van der Waals surface area contributed by atoms with Gasteiger partial charge in [0, 0.05) is 15.8 Å². The lowest BCUT2D eigenvalue weighted by Gasteiger charge is -2.36. The third-order valence-corrected chi connectivity index (χ3v) is 9.69. The van der Waals surface area contributed by atoms with Crippen LogP contribution in [0.2, 0.25) is 0 Å². The van der Waals surface area contributed by atoms with Crippen molar-refractivity contribution >= 4 is 39.1 Å². The molecule has 1 unspecified atom stereocenters. The number of nitrogens with one attached hydrogen (secondary N) is 1. The van der Waals surface area contributed by atoms with Gasteiger partial charge in [-0.15, -0.1) is 11.3 Å². The van der Waals surface area contributed by atoms with Crippen LogP contribution in [-0.2, 0) is 24.0 Å². The molecule has 5 nitrogen and oxygen atoms in total. The molecule has 1 N–H and O–H groups in total. The molecule has 1 aliphatic carbocycles. The fourth-order valence-electron chi connectivity index (χ4n) is 5.54. The second-order valence-electron chi connectivity index (χ2n) is 11.1. The number of rotatable bonds is 7. The standard InChI is InChI=1S/C33H36N2O3S/c1-6-20-12-14-21(15-13-20)27-19-25(23-10-8-9-11-26(23)34-27)30(36)35-31-29(32(37)38-5)24-17-16-22(18-28(24)39-31)33(3,4)7-2/h8-15,19,22H,6-7,16-18H2,1-5H3,(H,35,36). The van der Waals surface area contributed by atoms with E-state index < -0.39 is 5.97 Å². The van der Waals surface area contributed by atoms with Gasteiger partial charge in [-0.05, 0) is 60.3 Å². The quantitative estimate of drug-likeness (QED) is 0.240.